The van der Waals surface area contributed by atoms with E-state index in [1.165, 1.54) is 38.5 Å². The molecule has 1 aliphatic carbocycles. The summed E-state index contributed by atoms with van der Waals surface area (Å²) >= 11 is 0. The lowest BCUT2D eigenvalue weighted by molar-refractivity contribution is -0.629. The molecule has 0 radical (unpaired) electrons. The minimum Gasteiger partial charge on any atom is -0.493 e. The first-order valence-corrected chi connectivity index (χ1v) is 11.5. The highest BCUT2D eigenvalue weighted by Crippen LogP contribution is 2.56. The number of Topliss-reactive ketones (excluding diaryl/α,β-unsaturated/α-hetero) is 1. The van der Waals surface area contributed by atoms with Crippen molar-refractivity contribution in [3.63, 3.8) is 0 Å². The van der Waals surface area contributed by atoms with E-state index in [2.05, 4.69) is 0 Å². The van der Waals surface area contributed by atoms with Gasteiger partial charge in [-0.05, 0) is 17.7 Å². The Morgan fingerprint density at radius 1 is 0.800 bits per heavy atom. The molecule has 220 valence electrons. The van der Waals surface area contributed by atoms with Crippen LogP contribution in [0, 0.1) is 0 Å². The van der Waals surface area contributed by atoms with Crippen LogP contribution in [-0.4, -0.2) is 121 Å². The summed E-state index contributed by atoms with van der Waals surface area (Å²) < 4.78 is 10.2. The van der Waals surface area contributed by atoms with E-state index in [4.69, 9.17) is 9.47 Å². The predicted octanol–water partition coefficient (Wildman–Crippen LogP) is -4.96. The van der Waals surface area contributed by atoms with Crippen molar-refractivity contribution in [1.29, 1.82) is 0 Å². The first kappa shape index (κ1) is 30.2. The lowest BCUT2D eigenvalue weighted by atomic mass is 9.68. The van der Waals surface area contributed by atoms with Crippen LogP contribution in [0.1, 0.15) is 27.9 Å². The molecule has 40 heavy (non-hydrogen) atoms. The third kappa shape index (κ3) is 3.65. The molecule has 1 unspecified atom stereocenters. The van der Waals surface area contributed by atoms with Gasteiger partial charge < -0.3 is 70.8 Å². The first-order chi connectivity index (χ1) is 18.2. The molecule has 2 aromatic rings. The number of hydrogen-bond acceptors (Lipinski definition) is 16. The van der Waals surface area contributed by atoms with Crippen LogP contribution in [0.2, 0.25) is 0 Å². The number of ether oxygens (including phenoxy) is 2. The van der Waals surface area contributed by atoms with Crippen LogP contribution in [-0.2, 0) is 12.3 Å². The number of rotatable bonds is 6. The summed E-state index contributed by atoms with van der Waals surface area (Å²) in [5.74, 6) is -24.3. The lowest BCUT2D eigenvalue weighted by Crippen LogP contribution is -2.95. The lowest BCUT2D eigenvalue weighted by Gasteiger charge is -2.65. The second kappa shape index (κ2) is 8.84. The predicted molar refractivity (Wildman–Crippen MR) is 125 cm³/mol. The van der Waals surface area contributed by atoms with Crippen molar-refractivity contribution in [3.8, 4) is 11.5 Å². The minimum absolute atomic E-state index is 0.0285. The number of aliphatic hydroxyl groups is 12. The van der Waals surface area contributed by atoms with Gasteiger partial charge in [0.15, 0.2) is 22.9 Å². The molecule has 1 heterocycles. The quantitative estimate of drug-likeness (QED) is 0.145. The van der Waals surface area contributed by atoms with Crippen LogP contribution in [0.15, 0.2) is 42.5 Å². The highest BCUT2D eigenvalue weighted by atomic mass is 16.7. The molecule has 16 heteroatoms. The Balaban J connectivity index is 1.85. The van der Waals surface area contributed by atoms with Crippen LogP contribution in [0.25, 0.3) is 0 Å². The van der Waals surface area contributed by atoms with E-state index >= 15 is 0 Å². The largest absolute Gasteiger partial charge is 0.493 e. The maximum Gasteiger partial charge on any atom is 0.294 e. The van der Waals surface area contributed by atoms with Gasteiger partial charge in [0.05, 0.1) is 14.2 Å². The molecule has 16 nitrogen and oxygen atoms in total. The second-order valence-electron chi connectivity index (χ2n) is 9.89. The monoisotopic (exact) mass is 571 g/mol. The fourth-order valence-electron chi connectivity index (χ4n) is 5.29. The normalized spacial score (nSPS) is 26.3. The van der Waals surface area contributed by atoms with Crippen molar-refractivity contribution >= 4 is 5.78 Å². The summed E-state index contributed by atoms with van der Waals surface area (Å²) in [4.78, 5) is 12.1. The smallest absolute Gasteiger partial charge is 0.294 e. The summed E-state index contributed by atoms with van der Waals surface area (Å²) in [6.45, 7) is 0. The summed E-state index contributed by atoms with van der Waals surface area (Å²) in [6.07, 6.45) is -2.66. The Labute approximate surface area is 225 Å². The fraction of sp³-hybridized carbons (Fsp3) is 0.458. The Bertz CT molecular complexity index is 1300. The van der Waals surface area contributed by atoms with Gasteiger partial charge in [0.1, 0.15) is 5.60 Å². The number of fused-ring (bicyclic) bond motifs is 1. The average molecular weight is 571 g/mol. The molecule has 4 rings (SSSR count). The summed E-state index contributed by atoms with van der Waals surface area (Å²) in [5, 5.41) is 130. The number of benzene rings is 2. The van der Waals surface area contributed by atoms with Crippen molar-refractivity contribution in [2.24, 2.45) is 0 Å². The van der Waals surface area contributed by atoms with Gasteiger partial charge in [-0.1, -0.05) is 30.3 Å². The number of carbonyl (C=O) groups excluding carboxylic acids is 1. The highest BCUT2D eigenvalue weighted by Gasteiger charge is 2.88. The van der Waals surface area contributed by atoms with Crippen LogP contribution < -0.4 is 9.47 Å². The number of hydrogen-bond donors (Lipinski definition) is 12. The molecule has 0 saturated carbocycles. The maximum atomic E-state index is 13.2. The van der Waals surface area contributed by atoms with Gasteiger partial charge in [-0.2, -0.15) is 0 Å². The average Bonchev–Trinajstić information content (AvgIpc) is 3.10. The zero-order valence-electron chi connectivity index (χ0n) is 21.0. The third-order valence-electron chi connectivity index (χ3n) is 7.49. The van der Waals surface area contributed by atoms with Crippen LogP contribution in [0.4, 0.5) is 0 Å². The van der Waals surface area contributed by atoms with Gasteiger partial charge in [-0.3, -0.25) is 4.79 Å². The maximum absolute atomic E-state index is 13.2. The Kier molecular flexibility index (Phi) is 6.67. The molecule has 0 aromatic heterocycles. The van der Waals surface area contributed by atoms with Crippen LogP contribution >= 0.6 is 0 Å². The van der Waals surface area contributed by atoms with E-state index in [0.29, 0.717) is 0 Å². The number of piperidine rings is 1. The van der Waals surface area contributed by atoms with Crippen LogP contribution in [0.5, 0.6) is 11.5 Å². The van der Waals surface area contributed by atoms with Gasteiger partial charge in [0, 0.05) is 24.0 Å². The van der Waals surface area contributed by atoms with Gasteiger partial charge in [0.25, 0.3) is 29.3 Å². The molecule has 2 aromatic carbocycles. The number of methoxy groups -OCH3 is 2. The molecule has 12 N–H and O–H groups in total. The van der Waals surface area contributed by atoms with Crippen molar-refractivity contribution in [2.75, 3.05) is 14.2 Å². The molecule has 1 saturated heterocycles. The Hall–Kier alpha value is -2.81. The number of carbonyl (C=O) groups is 1. The van der Waals surface area contributed by atoms with Crippen molar-refractivity contribution < 1.29 is 75.5 Å². The van der Waals surface area contributed by atoms with Gasteiger partial charge in [-0.15, -0.1) is 4.90 Å². The van der Waals surface area contributed by atoms with Crippen molar-refractivity contribution in [3.05, 3.63) is 59.2 Å². The van der Waals surface area contributed by atoms with Gasteiger partial charge >= 0.3 is 0 Å². The standard InChI is InChI=1S/C24H29NO15/c1-39-15-8-12-10-18(27,17(26)14(12)9-16(15)40-2)11-19(28)21(31,32)23(35,36)25(24(37,38)22(19,33)34)20(29,30)13-6-4-3-5-7-13/h3-9,27-38H,10-11H2,1-2H3. The van der Waals surface area contributed by atoms with Crippen LogP contribution in [0.3, 0.4) is 0 Å². The zero-order chi connectivity index (χ0) is 30.3. The van der Waals surface area contributed by atoms with Gasteiger partial charge in [0.2, 0.25) is 0 Å². The molecule has 0 amide bonds. The van der Waals surface area contributed by atoms with E-state index in [0.717, 1.165) is 18.2 Å². The number of likely N-dealkylation sites (tertiary alicyclic amines) is 1. The molecule has 1 fully saturated rings. The molecular weight excluding hydrogens is 542 g/mol. The van der Waals surface area contributed by atoms with Crippen molar-refractivity contribution in [1.82, 2.24) is 4.90 Å². The SMILES string of the molecule is COc1cc2c(cc1OC)C(=O)C(O)(CC1(O)C(O)(O)C(O)(O)N(C(O)(O)c3ccccc3)C(O)(O)C1(O)O)C2. The van der Waals surface area contributed by atoms with E-state index < -0.39 is 69.6 Å². The number of nitrogens with zero attached hydrogens (tertiary/aromatic N) is 1. The topological polar surface area (TPSA) is 282 Å². The van der Waals surface area contributed by atoms with E-state index in [1.54, 1.807) is 0 Å². The van der Waals surface area contributed by atoms with E-state index in [-0.39, 0.29) is 22.6 Å². The summed E-state index contributed by atoms with van der Waals surface area (Å²) in [5.41, 5.74) is -8.39. The number of ketones is 1. The van der Waals surface area contributed by atoms with E-state index in [9.17, 15) is 66.1 Å². The minimum atomic E-state index is -4.79. The molecule has 2 aliphatic rings. The zero-order valence-corrected chi connectivity index (χ0v) is 21.0. The molecule has 0 bridgehead atoms. The summed E-state index contributed by atoms with van der Waals surface area (Å²) in [7, 11) is 2.51. The summed E-state index contributed by atoms with van der Waals surface area (Å²) in [6, 6.07) is 7.86. The van der Waals surface area contributed by atoms with Crippen molar-refractivity contribution in [2.45, 2.75) is 53.4 Å². The Morgan fingerprint density at radius 2 is 1.27 bits per heavy atom. The Morgan fingerprint density at radius 3 is 1.75 bits per heavy atom. The molecule has 1 aliphatic heterocycles. The van der Waals surface area contributed by atoms with E-state index in [1.807, 2.05) is 0 Å². The molecular formula is C24H29NO15. The molecule has 0 spiro atoms. The highest BCUT2D eigenvalue weighted by molar-refractivity contribution is 6.07. The third-order valence-corrected chi connectivity index (χ3v) is 7.49. The molecule has 1 atom stereocenters. The fourth-order valence-corrected chi connectivity index (χ4v) is 5.29. The first-order valence-electron chi connectivity index (χ1n) is 11.5. The van der Waals surface area contributed by atoms with Gasteiger partial charge in [-0.25, -0.2) is 0 Å². The second-order valence-corrected chi connectivity index (χ2v) is 9.89.